The van der Waals surface area contributed by atoms with Crippen molar-refractivity contribution in [1.29, 1.82) is 0 Å². The first-order valence-electron chi connectivity index (χ1n) is 8.47. The van der Waals surface area contributed by atoms with Gasteiger partial charge in [0.2, 0.25) is 11.7 Å². The van der Waals surface area contributed by atoms with E-state index in [0.29, 0.717) is 5.92 Å². The summed E-state index contributed by atoms with van der Waals surface area (Å²) in [7, 11) is -3.96. The summed E-state index contributed by atoms with van der Waals surface area (Å²) in [5.41, 5.74) is 5.65. The van der Waals surface area contributed by atoms with Crippen LogP contribution in [-0.4, -0.2) is 49.6 Å². The van der Waals surface area contributed by atoms with Crippen LogP contribution in [0.3, 0.4) is 0 Å². The fourth-order valence-electron chi connectivity index (χ4n) is 3.18. The molecule has 2 aliphatic heterocycles. The second-order valence-corrected chi connectivity index (χ2v) is 8.27. The van der Waals surface area contributed by atoms with Crippen molar-refractivity contribution < 1.29 is 18.0 Å². The minimum absolute atomic E-state index is 0.0243. The lowest BCUT2D eigenvalue weighted by atomic mass is 10.2. The summed E-state index contributed by atoms with van der Waals surface area (Å²) in [6, 6.07) is 6.19. The molecule has 11 heteroatoms. The Bertz CT molecular complexity index is 998. The van der Waals surface area contributed by atoms with Gasteiger partial charge in [-0.3, -0.25) is 9.59 Å². The average molecular weight is 390 g/mol. The second-order valence-electron chi connectivity index (χ2n) is 6.70. The molecule has 2 amide bonds. The number of guanidine groups is 1. The number of hydrogen-bond donors (Lipinski definition) is 2. The number of rotatable bonds is 5. The number of carbonyl (C=O) groups is 2. The number of hydrogen-bond acceptors (Lipinski definition) is 7. The predicted octanol–water partition coefficient (Wildman–Crippen LogP) is -0.420. The van der Waals surface area contributed by atoms with Gasteiger partial charge in [0.15, 0.2) is 0 Å². The van der Waals surface area contributed by atoms with Crippen molar-refractivity contribution in [2.45, 2.75) is 30.7 Å². The zero-order valence-corrected chi connectivity index (χ0v) is 15.3. The third-order valence-corrected chi connectivity index (χ3v) is 5.99. The van der Waals surface area contributed by atoms with Crippen LogP contribution in [0, 0.1) is 5.92 Å². The monoisotopic (exact) mass is 390 g/mol. The number of fused-ring (bicyclic) bond motifs is 3. The smallest absolute Gasteiger partial charge is 0.287 e. The van der Waals surface area contributed by atoms with Gasteiger partial charge in [0.05, 0.1) is 5.69 Å². The fraction of sp³-hybridized carbons (Fsp3) is 0.375. The number of amidine groups is 1. The summed E-state index contributed by atoms with van der Waals surface area (Å²) in [6.07, 6.45) is 2.15. The number of anilines is 1. The molecule has 1 aromatic carbocycles. The highest BCUT2D eigenvalue weighted by Gasteiger charge is 2.42. The molecule has 0 aromatic heterocycles. The lowest BCUT2D eigenvalue weighted by molar-refractivity contribution is -0.122. The first-order chi connectivity index (χ1) is 12.8. The minimum Gasteiger partial charge on any atom is -0.363 e. The normalized spacial score (nSPS) is 20.9. The number of nitrogens with zero attached hydrogens (tertiary/aromatic N) is 4. The van der Waals surface area contributed by atoms with E-state index in [1.54, 1.807) is 18.2 Å². The Morgan fingerprint density at radius 2 is 2.04 bits per heavy atom. The molecule has 0 radical (unpaired) electrons. The summed E-state index contributed by atoms with van der Waals surface area (Å²) < 4.78 is 28.4. The maximum absolute atomic E-state index is 12.5. The molecule has 0 saturated heterocycles. The van der Waals surface area contributed by atoms with Crippen LogP contribution in [0.2, 0.25) is 0 Å². The van der Waals surface area contributed by atoms with E-state index in [2.05, 4.69) is 14.7 Å². The van der Waals surface area contributed by atoms with Crippen molar-refractivity contribution in [3.63, 3.8) is 0 Å². The van der Waals surface area contributed by atoms with Crippen LogP contribution in [0.15, 0.2) is 38.6 Å². The molecule has 3 aliphatic rings. The summed E-state index contributed by atoms with van der Waals surface area (Å²) in [6.45, 7) is 1.69. The Morgan fingerprint density at radius 3 is 2.70 bits per heavy atom. The van der Waals surface area contributed by atoms with Crippen LogP contribution in [0.25, 0.3) is 0 Å². The van der Waals surface area contributed by atoms with Gasteiger partial charge in [0, 0.05) is 6.04 Å². The largest absolute Gasteiger partial charge is 0.363 e. The molecule has 0 spiro atoms. The SMILES string of the molecule is C[C@@H](NC(=O)CN1C(C(N)=O)=NC2=NS(=O)(=O)c3ccccc3N21)C1CC1. The average Bonchev–Trinajstić information content (AvgIpc) is 3.38. The number of carbonyl (C=O) groups excluding carboxylic acids is 2. The van der Waals surface area contributed by atoms with Crippen molar-refractivity contribution in [2.24, 2.45) is 21.0 Å². The number of benzene rings is 1. The number of aliphatic imine (C=N–C) groups is 1. The number of nitrogens with two attached hydrogens (primary N) is 1. The van der Waals surface area contributed by atoms with Crippen molar-refractivity contribution in [2.75, 3.05) is 11.6 Å². The van der Waals surface area contributed by atoms with Gasteiger partial charge in [-0.05, 0) is 37.8 Å². The van der Waals surface area contributed by atoms with Gasteiger partial charge in [-0.2, -0.15) is 13.4 Å². The Labute approximate surface area is 155 Å². The zero-order chi connectivity index (χ0) is 19.3. The first kappa shape index (κ1) is 17.5. The van der Waals surface area contributed by atoms with Crippen molar-refractivity contribution >= 4 is 39.3 Å². The Balaban J connectivity index is 1.69. The molecule has 1 aliphatic carbocycles. The van der Waals surface area contributed by atoms with Crippen LogP contribution >= 0.6 is 0 Å². The van der Waals surface area contributed by atoms with E-state index < -0.39 is 15.9 Å². The van der Waals surface area contributed by atoms with Gasteiger partial charge in [0.1, 0.15) is 11.4 Å². The number of hydrazine groups is 1. The molecule has 3 N–H and O–H groups in total. The molecule has 1 aromatic rings. The molecule has 0 bridgehead atoms. The molecule has 10 nitrogen and oxygen atoms in total. The van der Waals surface area contributed by atoms with Crippen molar-refractivity contribution in [3.05, 3.63) is 24.3 Å². The van der Waals surface area contributed by atoms with E-state index >= 15 is 0 Å². The molecule has 1 atom stereocenters. The highest BCUT2D eigenvalue weighted by molar-refractivity contribution is 7.90. The molecule has 4 rings (SSSR count). The molecular formula is C16H18N6O4S. The molecule has 1 fully saturated rings. The highest BCUT2D eigenvalue weighted by Crippen LogP contribution is 2.35. The lowest BCUT2D eigenvalue weighted by Gasteiger charge is -2.33. The van der Waals surface area contributed by atoms with Crippen molar-refractivity contribution in [1.82, 2.24) is 10.3 Å². The Kier molecular flexibility index (Phi) is 3.91. The number of primary amides is 1. The Hall–Kier alpha value is -2.95. The minimum atomic E-state index is -3.96. The van der Waals surface area contributed by atoms with E-state index in [0.717, 1.165) is 12.8 Å². The van der Waals surface area contributed by atoms with E-state index in [1.165, 1.54) is 16.1 Å². The fourth-order valence-corrected chi connectivity index (χ4v) is 4.28. The number of para-hydroxylation sites is 1. The number of sulfonamides is 1. The van der Waals surface area contributed by atoms with Crippen LogP contribution in [0.1, 0.15) is 19.8 Å². The third-order valence-electron chi connectivity index (χ3n) is 4.69. The molecule has 27 heavy (non-hydrogen) atoms. The second kappa shape index (κ2) is 6.05. The van der Waals surface area contributed by atoms with E-state index in [1.807, 2.05) is 6.92 Å². The maximum Gasteiger partial charge on any atom is 0.287 e. The first-order valence-corrected chi connectivity index (χ1v) is 9.91. The van der Waals surface area contributed by atoms with Gasteiger partial charge in [-0.15, -0.1) is 4.40 Å². The number of amides is 2. The zero-order valence-electron chi connectivity index (χ0n) is 14.5. The Morgan fingerprint density at radius 1 is 1.33 bits per heavy atom. The standard InChI is InChI=1S/C16H18N6O4S/c1-9(10-6-7-10)18-13(23)8-21-15(14(17)24)19-16-20-27(25,26)12-5-3-2-4-11(12)22(16)21/h2-5,9-10H,6-8H2,1H3,(H2,17,24)(H,18,23)/t9-/m1/s1. The third kappa shape index (κ3) is 3.03. The van der Waals surface area contributed by atoms with E-state index in [4.69, 9.17) is 5.73 Å². The van der Waals surface area contributed by atoms with Gasteiger partial charge < -0.3 is 11.1 Å². The van der Waals surface area contributed by atoms with Crippen molar-refractivity contribution in [3.8, 4) is 0 Å². The molecule has 142 valence electrons. The van der Waals surface area contributed by atoms with Crippen LogP contribution < -0.4 is 16.1 Å². The van der Waals surface area contributed by atoms with Crippen LogP contribution in [-0.2, 0) is 19.6 Å². The summed E-state index contributed by atoms with van der Waals surface area (Å²) in [5, 5.41) is 5.48. The van der Waals surface area contributed by atoms with Gasteiger partial charge in [-0.1, -0.05) is 12.1 Å². The lowest BCUT2D eigenvalue weighted by Crippen LogP contribution is -2.53. The predicted molar refractivity (Wildman–Crippen MR) is 97.2 cm³/mol. The summed E-state index contributed by atoms with van der Waals surface area (Å²) in [4.78, 5) is 28.2. The van der Waals surface area contributed by atoms with E-state index in [9.17, 15) is 18.0 Å². The quantitative estimate of drug-likeness (QED) is 0.700. The summed E-state index contributed by atoms with van der Waals surface area (Å²) >= 11 is 0. The molecule has 1 saturated carbocycles. The van der Waals surface area contributed by atoms with Gasteiger partial charge in [-0.25, -0.2) is 10.0 Å². The highest BCUT2D eigenvalue weighted by atomic mass is 32.2. The van der Waals surface area contributed by atoms with Crippen LogP contribution in [0.5, 0.6) is 0 Å². The molecule has 0 unspecified atom stereocenters. The van der Waals surface area contributed by atoms with Crippen LogP contribution in [0.4, 0.5) is 5.69 Å². The maximum atomic E-state index is 12.5. The number of nitrogens with one attached hydrogen (secondary N) is 1. The van der Waals surface area contributed by atoms with Gasteiger partial charge in [0.25, 0.3) is 21.9 Å². The molecule has 2 heterocycles. The topological polar surface area (TPSA) is 138 Å². The summed E-state index contributed by atoms with van der Waals surface area (Å²) in [5.74, 6) is -1.20. The van der Waals surface area contributed by atoms with E-state index in [-0.39, 0.29) is 40.9 Å². The van der Waals surface area contributed by atoms with Gasteiger partial charge >= 0.3 is 0 Å². The molecular weight excluding hydrogens is 372 g/mol.